The molecule has 5 rings (SSSR count). The first-order valence-electron chi connectivity index (χ1n) is 12.0. The van der Waals surface area contributed by atoms with Crippen molar-refractivity contribution in [2.75, 3.05) is 44.2 Å². The number of carbonyl (C=O) groups excluding carboxylic acids is 2. The molecule has 35 heavy (non-hydrogen) atoms. The molecule has 2 fully saturated rings. The van der Waals surface area contributed by atoms with Crippen molar-refractivity contribution in [3.63, 3.8) is 0 Å². The van der Waals surface area contributed by atoms with Crippen molar-refractivity contribution in [3.05, 3.63) is 60.6 Å². The Hall–Kier alpha value is -3.72. The van der Waals surface area contributed by atoms with E-state index in [2.05, 4.69) is 20.2 Å². The highest BCUT2D eigenvalue weighted by atomic mass is 16.5. The molecule has 9 nitrogen and oxygen atoms in total. The van der Waals surface area contributed by atoms with Gasteiger partial charge in [-0.2, -0.15) is 0 Å². The Morgan fingerprint density at radius 1 is 1.14 bits per heavy atom. The molecule has 4 heterocycles. The van der Waals surface area contributed by atoms with E-state index in [1.165, 1.54) is 0 Å². The molecule has 2 saturated heterocycles. The molecule has 182 valence electrons. The number of nitrogens with one attached hydrogen (secondary N) is 1. The molecule has 0 saturated carbocycles. The number of benzene rings is 1. The number of anilines is 1. The number of β-amino-alcohol motifs (C(OH)–C–C–N with tert-alkyl or cyclic N) is 1. The highest BCUT2D eigenvalue weighted by Gasteiger charge is 2.37. The third-order valence-corrected chi connectivity index (χ3v) is 6.69. The first-order chi connectivity index (χ1) is 17.0. The van der Waals surface area contributed by atoms with E-state index in [-0.39, 0.29) is 18.4 Å². The highest BCUT2D eigenvalue weighted by molar-refractivity contribution is 5.94. The maximum absolute atomic E-state index is 12.7. The van der Waals surface area contributed by atoms with E-state index in [0.29, 0.717) is 50.4 Å². The van der Waals surface area contributed by atoms with Crippen LogP contribution in [0.2, 0.25) is 0 Å². The van der Waals surface area contributed by atoms with Gasteiger partial charge in [-0.15, -0.1) is 0 Å². The fourth-order valence-corrected chi connectivity index (χ4v) is 4.72. The van der Waals surface area contributed by atoms with Crippen LogP contribution in [-0.2, 0) is 4.79 Å². The molecule has 1 aromatic carbocycles. The highest BCUT2D eigenvalue weighted by Crippen LogP contribution is 2.31. The third-order valence-electron chi connectivity index (χ3n) is 6.69. The molecule has 2 aliphatic heterocycles. The molecule has 0 radical (unpaired) electrons. The minimum absolute atomic E-state index is 0.158. The van der Waals surface area contributed by atoms with Gasteiger partial charge in [0.2, 0.25) is 5.91 Å². The fourth-order valence-electron chi connectivity index (χ4n) is 4.72. The maximum Gasteiger partial charge on any atom is 0.251 e. The van der Waals surface area contributed by atoms with Crippen molar-refractivity contribution in [2.24, 2.45) is 0 Å². The van der Waals surface area contributed by atoms with Crippen molar-refractivity contribution >= 4 is 28.4 Å². The zero-order valence-electron chi connectivity index (χ0n) is 19.5. The Bertz CT molecular complexity index is 1210. The number of hydrogen-bond acceptors (Lipinski definition) is 7. The second kappa shape index (κ2) is 9.87. The summed E-state index contributed by atoms with van der Waals surface area (Å²) < 4.78 is 5.71. The van der Waals surface area contributed by atoms with Gasteiger partial charge in [0.05, 0.1) is 12.1 Å². The van der Waals surface area contributed by atoms with Gasteiger partial charge in [-0.3, -0.25) is 19.6 Å². The van der Waals surface area contributed by atoms with E-state index in [9.17, 15) is 14.7 Å². The number of hydrogen-bond donors (Lipinski definition) is 2. The number of ether oxygens (including phenoxy) is 1. The Kier molecular flexibility index (Phi) is 6.50. The molecule has 3 aromatic rings. The third kappa shape index (κ3) is 5.19. The lowest BCUT2D eigenvalue weighted by atomic mass is 10.0. The van der Waals surface area contributed by atoms with E-state index in [0.717, 1.165) is 29.6 Å². The average molecular weight is 476 g/mol. The van der Waals surface area contributed by atoms with Crippen LogP contribution in [-0.4, -0.2) is 76.7 Å². The summed E-state index contributed by atoms with van der Waals surface area (Å²) in [4.78, 5) is 36.8. The Labute approximate surface area is 203 Å². The van der Waals surface area contributed by atoms with E-state index >= 15 is 0 Å². The molecule has 2 amide bonds. The number of amides is 2. The molecule has 2 aromatic heterocycles. The van der Waals surface area contributed by atoms with Crippen molar-refractivity contribution in [2.45, 2.75) is 24.9 Å². The van der Waals surface area contributed by atoms with E-state index < -0.39 is 5.60 Å². The summed E-state index contributed by atoms with van der Waals surface area (Å²) in [5.41, 5.74) is 1.31. The molecule has 9 heteroatoms. The van der Waals surface area contributed by atoms with Crippen LogP contribution in [0.4, 0.5) is 5.69 Å². The van der Waals surface area contributed by atoms with Crippen LogP contribution in [0.3, 0.4) is 0 Å². The van der Waals surface area contributed by atoms with Crippen LogP contribution in [0.1, 0.15) is 29.6 Å². The number of pyridine rings is 2. The quantitative estimate of drug-likeness (QED) is 0.513. The Balaban J connectivity index is 1.12. The topological polar surface area (TPSA) is 108 Å². The second-order valence-electron chi connectivity index (χ2n) is 9.16. The fraction of sp³-hybridized carbons (Fsp3) is 0.385. The predicted molar refractivity (Wildman–Crippen MR) is 131 cm³/mol. The lowest BCUT2D eigenvalue weighted by molar-refractivity contribution is -0.128. The summed E-state index contributed by atoms with van der Waals surface area (Å²) >= 11 is 0. The van der Waals surface area contributed by atoms with Gasteiger partial charge in [0.15, 0.2) is 0 Å². The first-order valence-corrected chi connectivity index (χ1v) is 12.0. The van der Waals surface area contributed by atoms with E-state index in [1.807, 2.05) is 17.0 Å². The minimum atomic E-state index is -1.02. The monoisotopic (exact) mass is 475 g/mol. The predicted octanol–water partition coefficient (Wildman–Crippen LogP) is 2.00. The lowest BCUT2D eigenvalue weighted by Crippen LogP contribution is -2.45. The molecular weight excluding hydrogens is 446 g/mol. The number of nitrogens with zero attached hydrogens (tertiary/aromatic N) is 4. The van der Waals surface area contributed by atoms with Crippen molar-refractivity contribution in [3.8, 4) is 5.75 Å². The molecule has 1 atom stereocenters. The minimum Gasteiger partial charge on any atom is -0.492 e. The largest absolute Gasteiger partial charge is 0.492 e. The standard InChI is InChI=1S/C26H29N5O4/c32-24-2-1-12-30(24)14-15-35-20-5-3-19(4-6-20)25(33)29-17-26(34)9-13-31(18-26)23-8-11-28-22-7-10-27-16-21(22)23/h3-8,10-11,16,34H,1-2,9,12-15,17-18H2,(H,29,33)/t26-/m0/s1. The number of rotatable bonds is 8. The van der Waals surface area contributed by atoms with Crippen molar-refractivity contribution in [1.29, 1.82) is 0 Å². The number of aromatic nitrogens is 2. The van der Waals surface area contributed by atoms with Crippen LogP contribution in [0, 0.1) is 0 Å². The van der Waals surface area contributed by atoms with Crippen LogP contribution in [0.25, 0.3) is 10.9 Å². The molecule has 2 aliphatic rings. The van der Waals surface area contributed by atoms with Crippen LogP contribution < -0.4 is 15.0 Å². The van der Waals surface area contributed by atoms with Gasteiger partial charge >= 0.3 is 0 Å². The van der Waals surface area contributed by atoms with Crippen molar-refractivity contribution < 1.29 is 19.4 Å². The van der Waals surface area contributed by atoms with Crippen LogP contribution in [0.5, 0.6) is 5.75 Å². The van der Waals surface area contributed by atoms with Gasteiger partial charge in [0, 0.05) is 67.8 Å². The van der Waals surface area contributed by atoms with Gasteiger partial charge < -0.3 is 25.0 Å². The summed E-state index contributed by atoms with van der Waals surface area (Å²) in [6.07, 6.45) is 7.34. The van der Waals surface area contributed by atoms with Crippen molar-refractivity contribution in [1.82, 2.24) is 20.2 Å². The number of fused-ring (bicyclic) bond motifs is 1. The molecule has 0 bridgehead atoms. The number of likely N-dealkylation sites (tertiary alicyclic amines) is 1. The van der Waals surface area contributed by atoms with E-state index in [1.54, 1.807) is 42.9 Å². The molecule has 0 unspecified atom stereocenters. The molecular formula is C26H29N5O4. The number of carbonyl (C=O) groups is 2. The first kappa shape index (κ1) is 23.0. The zero-order valence-corrected chi connectivity index (χ0v) is 19.5. The maximum atomic E-state index is 12.7. The van der Waals surface area contributed by atoms with Crippen LogP contribution in [0.15, 0.2) is 55.0 Å². The normalized spacial score (nSPS) is 20.0. The summed E-state index contributed by atoms with van der Waals surface area (Å²) in [5.74, 6) is 0.584. The smallest absolute Gasteiger partial charge is 0.251 e. The van der Waals surface area contributed by atoms with Gasteiger partial charge in [0.25, 0.3) is 5.91 Å². The summed E-state index contributed by atoms with van der Waals surface area (Å²) in [7, 11) is 0. The SMILES string of the molecule is O=C(NC[C@@]1(O)CCN(c2ccnc3ccncc23)C1)c1ccc(OCCN2CCCC2=O)cc1. The van der Waals surface area contributed by atoms with Gasteiger partial charge in [-0.05, 0) is 49.2 Å². The summed E-state index contributed by atoms with van der Waals surface area (Å²) in [6, 6.07) is 10.7. The lowest BCUT2D eigenvalue weighted by Gasteiger charge is -2.25. The summed E-state index contributed by atoms with van der Waals surface area (Å²) in [6.45, 7) is 3.03. The Morgan fingerprint density at radius 3 is 2.80 bits per heavy atom. The molecule has 2 N–H and O–H groups in total. The van der Waals surface area contributed by atoms with Gasteiger partial charge in [0.1, 0.15) is 18.0 Å². The van der Waals surface area contributed by atoms with Gasteiger partial charge in [-0.1, -0.05) is 0 Å². The van der Waals surface area contributed by atoms with Gasteiger partial charge in [-0.25, -0.2) is 0 Å². The number of aliphatic hydroxyl groups is 1. The molecule has 0 aliphatic carbocycles. The van der Waals surface area contributed by atoms with E-state index in [4.69, 9.17) is 4.74 Å². The zero-order chi connectivity index (χ0) is 24.3. The second-order valence-corrected chi connectivity index (χ2v) is 9.16. The summed E-state index contributed by atoms with van der Waals surface area (Å²) in [5, 5.41) is 14.9. The average Bonchev–Trinajstić information content (AvgIpc) is 3.48. The molecule has 0 spiro atoms. The van der Waals surface area contributed by atoms with Crippen LogP contribution >= 0.6 is 0 Å². The Morgan fingerprint density at radius 2 is 2.00 bits per heavy atom.